The molecule has 0 aliphatic rings. The second-order valence-corrected chi connectivity index (χ2v) is 5.72. The van der Waals surface area contributed by atoms with Crippen molar-refractivity contribution in [2.45, 2.75) is 40.0 Å². The maximum absolute atomic E-state index is 4.40. The summed E-state index contributed by atoms with van der Waals surface area (Å²) in [7, 11) is 0. The summed E-state index contributed by atoms with van der Waals surface area (Å²) in [4.78, 5) is 0. The number of aromatic nitrogens is 2. The Morgan fingerprint density at radius 1 is 1.00 bits per heavy atom. The molecule has 0 radical (unpaired) electrons. The first-order chi connectivity index (χ1) is 7.88. The lowest BCUT2D eigenvalue weighted by molar-refractivity contribution is 0.567. The Kier molecular flexibility index (Phi) is 2.82. The molecule has 2 heteroatoms. The monoisotopic (exact) mass is 228 g/mol. The molecule has 1 N–H and O–H groups in total. The summed E-state index contributed by atoms with van der Waals surface area (Å²) in [6.07, 6.45) is 0. The molecule has 0 saturated carbocycles. The summed E-state index contributed by atoms with van der Waals surface area (Å²) in [5.41, 5.74) is 6.12. The van der Waals surface area contributed by atoms with Crippen LogP contribution in [0.5, 0.6) is 0 Å². The van der Waals surface area contributed by atoms with Crippen molar-refractivity contribution in [1.82, 2.24) is 10.2 Å². The molecule has 0 spiro atoms. The van der Waals surface area contributed by atoms with Gasteiger partial charge in [-0.1, -0.05) is 32.9 Å². The van der Waals surface area contributed by atoms with Gasteiger partial charge < -0.3 is 0 Å². The van der Waals surface area contributed by atoms with Crippen LogP contribution < -0.4 is 0 Å². The maximum Gasteiger partial charge on any atom is 0.0923 e. The van der Waals surface area contributed by atoms with Gasteiger partial charge in [0.2, 0.25) is 0 Å². The molecular formula is C15H20N2. The lowest BCUT2D eigenvalue weighted by Gasteiger charge is -2.14. The van der Waals surface area contributed by atoms with Gasteiger partial charge in [0.25, 0.3) is 0 Å². The van der Waals surface area contributed by atoms with Gasteiger partial charge in [0.15, 0.2) is 0 Å². The van der Waals surface area contributed by atoms with Crippen molar-refractivity contribution in [3.8, 4) is 11.3 Å². The zero-order chi connectivity index (χ0) is 12.6. The van der Waals surface area contributed by atoms with Crippen molar-refractivity contribution in [2.75, 3.05) is 0 Å². The third-order valence-electron chi connectivity index (χ3n) is 3.19. The van der Waals surface area contributed by atoms with Crippen LogP contribution in [0.1, 0.15) is 37.6 Å². The first-order valence-corrected chi connectivity index (χ1v) is 6.01. The molecule has 0 atom stereocenters. The minimum absolute atomic E-state index is 0.116. The fourth-order valence-electron chi connectivity index (χ4n) is 1.75. The number of aromatic amines is 1. The Morgan fingerprint density at radius 2 is 1.71 bits per heavy atom. The third kappa shape index (κ3) is 2.41. The highest BCUT2D eigenvalue weighted by Gasteiger charge is 2.17. The summed E-state index contributed by atoms with van der Waals surface area (Å²) < 4.78 is 0. The van der Waals surface area contributed by atoms with Crippen molar-refractivity contribution in [2.24, 2.45) is 0 Å². The summed E-state index contributed by atoms with van der Waals surface area (Å²) in [6.45, 7) is 10.8. The number of nitrogens with one attached hydrogen (secondary N) is 1. The van der Waals surface area contributed by atoms with Gasteiger partial charge in [-0.15, -0.1) is 0 Å². The Bertz CT molecular complexity index is 530. The lowest BCUT2D eigenvalue weighted by atomic mass is 9.92. The minimum atomic E-state index is 0.116. The number of nitrogens with zero attached hydrogens (tertiary/aromatic N) is 1. The van der Waals surface area contributed by atoms with Crippen molar-refractivity contribution in [3.05, 3.63) is 41.1 Å². The van der Waals surface area contributed by atoms with Gasteiger partial charge in [0.1, 0.15) is 0 Å². The van der Waals surface area contributed by atoms with Crippen molar-refractivity contribution in [3.63, 3.8) is 0 Å². The van der Waals surface area contributed by atoms with Crippen molar-refractivity contribution in [1.29, 1.82) is 0 Å². The van der Waals surface area contributed by atoms with Gasteiger partial charge in [-0.25, -0.2) is 0 Å². The Balaban J connectivity index is 2.40. The summed E-state index contributed by atoms with van der Waals surface area (Å²) >= 11 is 0. The molecule has 0 saturated heterocycles. The number of hydrogen-bond acceptors (Lipinski definition) is 1. The van der Waals surface area contributed by atoms with E-state index in [4.69, 9.17) is 0 Å². The van der Waals surface area contributed by atoms with Crippen LogP contribution in [-0.2, 0) is 5.41 Å². The van der Waals surface area contributed by atoms with Crippen LogP contribution in [-0.4, -0.2) is 10.2 Å². The number of aryl methyl sites for hydroxylation is 2. The zero-order valence-electron chi connectivity index (χ0n) is 11.3. The van der Waals surface area contributed by atoms with E-state index in [9.17, 15) is 0 Å². The van der Waals surface area contributed by atoms with Gasteiger partial charge in [-0.3, -0.25) is 5.10 Å². The van der Waals surface area contributed by atoms with E-state index in [0.29, 0.717) is 0 Å². The van der Waals surface area contributed by atoms with Crippen LogP contribution in [0.15, 0.2) is 24.3 Å². The quantitative estimate of drug-likeness (QED) is 0.785. The summed E-state index contributed by atoms with van der Waals surface area (Å²) in [5.74, 6) is 0. The first kappa shape index (κ1) is 11.9. The lowest BCUT2D eigenvalue weighted by Crippen LogP contribution is -2.11. The normalized spacial score (nSPS) is 11.8. The van der Waals surface area contributed by atoms with Crippen LogP contribution in [0, 0.1) is 13.8 Å². The van der Waals surface area contributed by atoms with E-state index < -0.39 is 0 Å². The average Bonchev–Trinajstić information content (AvgIpc) is 2.70. The number of H-pyrrole nitrogens is 1. The molecule has 2 aromatic rings. The molecule has 0 unspecified atom stereocenters. The molecule has 0 amide bonds. The summed E-state index contributed by atoms with van der Waals surface area (Å²) in [6, 6.07) is 8.61. The third-order valence-corrected chi connectivity index (χ3v) is 3.19. The molecular weight excluding hydrogens is 208 g/mol. The SMILES string of the molecule is Cc1ccc(-c2cc(C(C)(C)C)[nH]n2)cc1C. The van der Waals surface area contributed by atoms with Crippen molar-refractivity contribution >= 4 is 0 Å². The second kappa shape index (κ2) is 4.02. The number of benzene rings is 1. The van der Waals surface area contributed by atoms with E-state index in [1.807, 2.05) is 0 Å². The Labute approximate surface area is 103 Å². The van der Waals surface area contributed by atoms with Gasteiger partial charge >= 0.3 is 0 Å². The van der Waals surface area contributed by atoms with E-state index in [0.717, 1.165) is 5.69 Å². The highest BCUT2D eigenvalue weighted by Crippen LogP contribution is 2.26. The fraction of sp³-hybridized carbons (Fsp3) is 0.400. The molecule has 0 fully saturated rings. The predicted octanol–water partition coefficient (Wildman–Crippen LogP) is 3.99. The molecule has 0 aliphatic heterocycles. The topological polar surface area (TPSA) is 28.7 Å². The fourth-order valence-corrected chi connectivity index (χ4v) is 1.75. The van der Waals surface area contributed by atoms with Crippen LogP contribution in [0.25, 0.3) is 11.3 Å². The van der Waals surface area contributed by atoms with Gasteiger partial charge in [-0.05, 0) is 37.1 Å². The van der Waals surface area contributed by atoms with Gasteiger partial charge in [0, 0.05) is 16.7 Å². The van der Waals surface area contributed by atoms with E-state index >= 15 is 0 Å². The highest BCUT2D eigenvalue weighted by atomic mass is 15.1. The van der Waals surface area contributed by atoms with E-state index in [1.54, 1.807) is 0 Å². The molecule has 1 aromatic heterocycles. The minimum Gasteiger partial charge on any atom is -0.281 e. The van der Waals surface area contributed by atoms with Crippen LogP contribution >= 0.6 is 0 Å². The summed E-state index contributed by atoms with van der Waals surface area (Å²) in [5, 5.41) is 7.53. The van der Waals surface area contributed by atoms with Gasteiger partial charge in [0.05, 0.1) is 5.69 Å². The van der Waals surface area contributed by atoms with E-state index in [1.165, 1.54) is 22.4 Å². The van der Waals surface area contributed by atoms with Crippen molar-refractivity contribution < 1.29 is 0 Å². The highest BCUT2D eigenvalue weighted by molar-refractivity contribution is 5.61. The molecule has 17 heavy (non-hydrogen) atoms. The molecule has 2 rings (SSSR count). The molecule has 2 nitrogen and oxygen atoms in total. The van der Waals surface area contributed by atoms with Crippen LogP contribution in [0.2, 0.25) is 0 Å². The van der Waals surface area contributed by atoms with Crippen LogP contribution in [0.4, 0.5) is 0 Å². The number of rotatable bonds is 1. The Morgan fingerprint density at radius 3 is 2.24 bits per heavy atom. The molecule has 1 aromatic carbocycles. The maximum atomic E-state index is 4.40. The average molecular weight is 228 g/mol. The molecule has 0 bridgehead atoms. The first-order valence-electron chi connectivity index (χ1n) is 6.01. The smallest absolute Gasteiger partial charge is 0.0923 e. The molecule has 0 aliphatic carbocycles. The Hall–Kier alpha value is -1.57. The second-order valence-electron chi connectivity index (χ2n) is 5.72. The zero-order valence-corrected chi connectivity index (χ0v) is 11.3. The number of hydrogen-bond donors (Lipinski definition) is 1. The van der Waals surface area contributed by atoms with Crippen LogP contribution in [0.3, 0.4) is 0 Å². The predicted molar refractivity (Wildman–Crippen MR) is 72.2 cm³/mol. The van der Waals surface area contributed by atoms with E-state index in [-0.39, 0.29) is 5.41 Å². The van der Waals surface area contributed by atoms with E-state index in [2.05, 4.69) is 69.1 Å². The van der Waals surface area contributed by atoms with Gasteiger partial charge in [-0.2, -0.15) is 5.10 Å². The molecule has 1 heterocycles. The largest absolute Gasteiger partial charge is 0.281 e. The standard InChI is InChI=1S/C15H20N2/c1-10-6-7-12(8-11(10)2)13-9-14(17-16-13)15(3,4)5/h6-9H,1-5H3,(H,16,17). The molecule has 90 valence electrons.